The van der Waals surface area contributed by atoms with Gasteiger partial charge in [-0.15, -0.1) is 0 Å². The van der Waals surface area contributed by atoms with Gasteiger partial charge in [0.1, 0.15) is 5.84 Å². The molecule has 1 aromatic carbocycles. The summed E-state index contributed by atoms with van der Waals surface area (Å²) in [5.74, 6) is 1.55. The lowest BCUT2D eigenvalue weighted by atomic mass is 10.1. The van der Waals surface area contributed by atoms with Gasteiger partial charge in [0.05, 0.1) is 11.9 Å². The van der Waals surface area contributed by atoms with E-state index in [0.717, 1.165) is 24.0 Å². The summed E-state index contributed by atoms with van der Waals surface area (Å²) in [5.41, 5.74) is 14.7. The first kappa shape index (κ1) is 16.8. The fourth-order valence-corrected chi connectivity index (χ4v) is 2.47. The van der Waals surface area contributed by atoms with Crippen molar-refractivity contribution in [3.05, 3.63) is 36.0 Å². The molecule has 1 fully saturated rings. The molecule has 1 aliphatic carbocycles. The van der Waals surface area contributed by atoms with Crippen LogP contribution >= 0.6 is 0 Å². The maximum absolute atomic E-state index is 7.95. The lowest BCUT2D eigenvalue weighted by molar-refractivity contribution is 1.11. The summed E-state index contributed by atoms with van der Waals surface area (Å²) >= 11 is 0. The van der Waals surface area contributed by atoms with Crippen molar-refractivity contribution in [3.8, 4) is 11.4 Å². The molecule has 0 unspecified atom stereocenters. The first-order valence-corrected chi connectivity index (χ1v) is 8.18. The molecule has 1 heterocycles. The molecule has 0 spiro atoms. The van der Waals surface area contributed by atoms with Crippen molar-refractivity contribution in [1.82, 2.24) is 9.97 Å². The van der Waals surface area contributed by atoms with Gasteiger partial charge >= 0.3 is 0 Å². The Balaban J connectivity index is 1.81. The molecule has 128 valence electrons. The second-order valence-corrected chi connectivity index (χ2v) is 6.16. The van der Waals surface area contributed by atoms with Crippen LogP contribution in [-0.4, -0.2) is 27.7 Å². The van der Waals surface area contributed by atoms with E-state index in [0.29, 0.717) is 47.6 Å². The third kappa shape index (κ3) is 4.26. The zero-order valence-electron chi connectivity index (χ0n) is 13.9. The average Bonchev–Trinajstić information content (AvgIpc) is 3.43. The Morgan fingerprint density at radius 2 is 2.00 bits per heavy atom. The number of anilines is 1. The minimum atomic E-state index is 0.328. The Morgan fingerprint density at radius 1 is 1.28 bits per heavy atom. The molecule has 6 N–H and O–H groups in total. The summed E-state index contributed by atoms with van der Waals surface area (Å²) in [6.45, 7) is 0. The van der Waals surface area contributed by atoms with Gasteiger partial charge in [0.25, 0.3) is 0 Å². The zero-order chi connectivity index (χ0) is 17.8. The van der Waals surface area contributed by atoms with Crippen LogP contribution in [0.5, 0.6) is 0 Å². The fraction of sp³-hybridized carbons (Fsp3) is 0.278. The maximum atomic E-state index is 7.95. The van der Waals surface area contributed by atoms with E-state index in [4.69, 9.17) is 22.3 Å². The van der Waals surface area contributed by atoms with Crippen LogP contribution in [0.15, 0.2) is 35.5 Å². The summed E-state index contributed by atoms with van der Waals surface area (Å²) in [4.78, 5) is 13.0. The number of hydrogen-bond acceptors (Lipinski definition) is 6. The van der Waals surface area contributed by atoms with Gasteiger partial charge in [-0.1, -0.05) is 24.3 Å². The molecule has 0 bridgehead atoms. The van der Waals surface area contributed by atoms with Crippen LogP contribution in [0.2, 0.25) is 0 Å². The SMILES string of the molecule is N=CCc1ccc(-c2ncc(N)c(N=C(N)CC(=N)C3CC3)n2)cc1. The molecule has 0 atom stereocenters. The quantitative estimate of drug-likeness (QED) is 0.456. The van der Waals surface area contributed by atoms with Crippen LogP contribution < -0.4 is 11.5 Å². The molecule has 0 saturated heterocycles. The van der Waals surface area contributed by atoms with Crippen molar-refractivity contribution >= 4 is 29.3 Å². The van der Waals surface area contributed by atoms with Crippen LogP contribution in [0.4, 0.5) is 11.5 Å². The molecule has 7 heteroatoms. The van der Waals surface area contributed by atoms with Crippen molar-refractivity contribution in [2.24, 2.45) is 16.6 Å². The monoisotopic (exact) mass is 335 g/mol. The van der Waals surface area contributed by atoms with Gasteiger partial charge in [0.15, 0.2) is 11.6 Å². The second-order valence-electron chi connectivity index (χ2n) is 6.16. The van der Waals surface area contributed by atoms with E-state index in [2.05, 4.69) is 15.0 Å². The van der Waals surface area contributed by atoms with E-state index in [1.165, 1.54) is 12.4 Å². The van der Waals surface area contributed by atoms with Crippen molar-refractivity contribution < 1.29 is 0 Å². The van der Waals surface area contributed by atoms with Gasteiger partial charge in [-0.3, -0.25) is 0 Å². The fourth-order valence-electron chi connectivity index (χ4n) is 2.47. The predicted octanol–water partition coefficient (Wildman–Crippen LogP) is 2.73. The highest BCUT2D eigenvalue weighted by atomic mass is 15.0. The Bertz CT molecular complexity index is 820. The summed E-state index contributed by atoms with van der Waals surface area (Å²) in [6.07, 6.45) is 5.97. The van der Waals surface area contributed by atoms with E-state index in [1.54, 1.807) is 0 Å². The molecule has 0 amide bonds. The van der Waals surface area contributed by atoms with Crippen LogP contribution in [0.25, 0.3) is 11.4 Å². The standard InChI is InChI=1S/C18H21N7/c19-8-7-11-1-3-13(4-2-11)17-23-10-15(21)18(25-17)24-16(22)9-14(20)12-5-6-12/h1-4,8,10,12,19-20H,5-7,9,21H2,(H2,22,23,24,25). The molecule has 0 aliphatic heterocycles. The number of aromatic nitrogens is 2. The highest BCUT2D eigenvalue weighted by Crippen LogP contribution is 2.31. The molecule has 1 aromatic heterocycles. The highest BCUT2D eigenvalue weighted by Gasteiger charge is 2.26. The molecule has 1 saturated carbocycles. The molecule has 0 radical (unpaired) electrons. The average molecular weight is 335 g/mol. The van der Waals surface area contributed by atoms with Gasteiger partial charge in [-0.2, -0.15) is 0 Å². The number of benzene rings is 1. The summed E-state index contributed by atoms with van der Waals surface area (Å²) < 4.78 is 0. The van der Waals surface area contributed by atoms with E-state index in [1.807, 2.05) is 24.3 Å². The molecule has 7 nitrogen and oxygen atoms in total. The molecule has 2 aromatic rings. The summed E-state index contributed by atoms with van der Waals surface area (Å²) in [7, 11) is 0. The van der Waals surface area contributed by atoms with E-state index in [-0.39, 0.29) is 0 Å². The summed E-state index contributed by atoms with van der Waals surface area (Å²) in [6, 6.07) is 7.69. The van der Waals surface area contributed by atoms with Crippen LogP contribution in [0.3, 0.4) is 0 Å². The van der Waals surface area contributed by atoms with Crippen LogP contribution in [0.1, 0.15) is 24.8 Å². The summed E-state index contributed by atoms with van der Waals surface area (Å²) in [5, 5.41) is 15.1. The maximum Gasteiger partial charge on any atom is 0.180 e. The van der Waals surface area contributed by atoms with Gasteiger partial charge in [0, 0.05) is 24.1 Å². The largest absolute Gasteiger partial charge is 0.394 e. The lowest BCUT2D eigenvalue weighted by Gasteiger charge is -2.06. The Labute approximate surface area is 146 Å². The van der Waals surface area contributed by atoms with Gasteiger partial charge in [-0.25, -0.2) is 15.0 Å². The van der Waals surface area contributed by atoms with Crippen LogP contribution in [-0.2, 0) is 6.42 Å². The molecule has 25 heavy (non-hydrogen) atoms. The lowest BCUT2D eigenvalue weighted by Crippen LogP contribution is -2.17. The van der Waals surface area contributed by atoms with Gasteiger partial charge < -0.3 is 22.3 Å². The normalized spacial score (nSPS) is 14.3. The van der Waals surface area contributed by atoms with Crippen molar-refractivity contribution in [1.29, 1.82) is 10.8 Å². The number of nitrogens with zero attached hydrogens (tertiary/aromatic N) is 3. The Kier molecular flexibility index (Phi) is 4.83. The van der Waals surface area contributed by atoms with Gasteiger partial charge in [0.2, 0.25) is 0 Å². The smallest absolute Gasteiger partial charge is 0.180 e. The number of hydrogen-bond donors (Lipinski definition) is 4. The third-order valence-corrected chi connectivity index (χ3v) is 4.04. The first-order chi connectivity index (χ1) is 12.1. The van der Waals surface area contributed by atoms with Crippen LogP contribution in [0, 0.1) is 16.7 Å². The minimum Gasteiger partial charge on any atom is -0.394 e. The number of rotatable bonds is 7. The highest BCUT2D eigenvalue weighted by molar-refractivity contribution is 6.04. The Hall–Kier alpha value is -3.09. The molecular weight excluding hydrogens is 314 g/mol. The van der Waals surface area contributed by atoms with E-state index in [9.17, 15) is 0 Å². The first-order valence-electron chi connectivity index (χ1n) is 8.18. The van der Waals surface area contributed by atoms with E-state index >= 15 is 0 Å². The van der Waals surface area contributed by atoms with Crippen molar-refractivity contribution in [3.63, 3.8) is 0 Å². The topological polar surface area (TPSA) is 138 Å². The van der Waals surface area contributed by atoms with Gasteiger partial charge in [-0.05, 0) is 30.5 Å². The predicted molar refractivity (Wildman–Crippen MR) is 101 cm³/mol. The van der Waals surface area contributed by atoms with Crippen molar-refractivity contribution in [2.75, 3.05) is 5.73 Å². The second kappa shape index (κ2) is 7.21. The van der Waals surface area contributed by atoms with Crippen molar-refractivity contribution in [2.45, 2.75) is 25.7 Å². The molecule has 3 rings (SSSR count). The number of aliphatic imine (C=N–C) groups is 1. The number of amidine groups is 1. The molecule has 1 aliphatic rings. The third-order valence-electron chi connectivity index (χ3n) is 4.04. The number of nitrogens with one attached hydrogen (secondary N) is 2. The van der Waals surface area contributed by atoms with E-state index < -0.39 is 0 Å². The number of nitrogens with two attached hydrogens (primary N) is 2. The minimum absolute atomic E-state index is 0.328. The number of nitrogen functional groups attached to an aromatic ring is 1. The molecular formula is C18H21N7. The Morgan fingerprint density at radius 3 is 2.64 bits per heavy atom. The zero-order valence-corrected chi connectivity index (χ0v) is 13.9.